The minimum atomic E-state index is 0.686. The molecule has 2 N–H and O–H groups in total. The predicted molar refractivity (Wildman–Crippen MR) is 52.2 cm³/mol. The van der Waals surface area contributed by atoms with Crippen LogP contribution >= 0.6 is 0 Å². The molecule has 2 nitrogen and oxygen atoms in total. The highest BCUT2D eigenvalue weighted by atomic mass is 14.7. The van der Waals surface area contributed by atoms with Crippen LogP contribution in [0.3, 0.4) is 0 Å². The van der Waals surface area contributed by atoms with E-state index in [0.717, 1.165) is 11.3 Å². The number of rotatable bonds is 2. The quantitative estimate of drug-likeness (QED) is 0.719. The van der Waals surface area contributed by atoms with Crippen molar-refractivity contribution in [2.75, 3.05) is 0 Å². The standard InChI is InChI=1S/C10H12N2/c1-3-8-6-5-7-12-10(8)9(11)4-2/h3-7H,1,11H2,2H3/b9-4+. The SMILES string of the molecule is C=Cc1cccnc1/C(N)=C\C. The van der Waals surface area contributed by atoms with Gasteiger partial charge in [-0.1, -0.05) is 24.8 Å². The Hall–Kier alpha value is -1.57. The van der Waals surface area contributed by atoms with Gasteiger partial charge in [0, 0.05) is 11.8 Å². The van der Waals surface area contributed by atoms with E-state index in [1.807, 2.05) is 25.1 Å². The highest BCUT2D eigenvalue weighted by Gasteiger charge is 2.00. The fraction of sp³-hybridized carbons (Fsp3) is 0.100. The molecule has 0 atom stereocenters. The third-order valence-electron chi connectivity index (χ3n) is 1.64. The van der Waals surface area contributed by atoms with Gasteiger partial charge in [-0.25, -0.2) is 0 Å². The van der Waals surface area contributed by atoms with Gasteiger partial charge in [0.05, 0.1) is 11.4 Å². The van der Waals surface area contributed by atoms with Crippen LogP contribution in [0.2, 0.25) is 0 Å². The number of hydrogen-bond acceptors (Lipinski definition) is 2. The lowest BCUT2D eigenvalue weighted by molar-refractivity contribution is 1.24. The van der Waals surface area contributed by atoms with Gasteiger partial charge in [0.2, 0.25) is 0 Å². The Morgan fingerprint density at radius 1 is 1.67 bits per heavy atom. The first-order chi connectivity index (χ1) is 5.79. The molecule has 1 heterocycles. The average molecular weight is 160 g/mol. The molecule has 0 bridgehead atoms. The number of nitrogens with two attached hydrogens (primary N) is 1. The summed E-state index contributed by atoms with van der Waals surface area (Å²) in [5.41, 5.74) is 8.17. The summed E-state index contributed by atoms with van der Waals surface area (Å²) in [4.78, 5) is 4.16. The number of hydrogen-bond donors (Lipinski definition) is 1. The minimum absolute atomic E-state index is 0.686. The second kappa shape index (κ2) is 3.72. The van der Waals surface area contributed by atoms with Gasteiger partial charge in [0.25, 0.3) is 0 Å². The van der Waals surface area contributed by atoms with Crippen molar-refractivity contribution >= 4 is 11.8 Å². The van der Waals surface area contributed by atoms with Crippen molar-refractivity contribution in [3.63, 3.8) is 0 Å². The number of pyridine rings is 1. The molecule has 12 heavy (non-hydrogen) atoms. The highest BCUT2D eigenvalue weighted by Crippen LogP contribution is 2.12. The maximum Gasteiger partial charge on any atom is 0.0927 e. The van der Waals surface area contributed by atoms with Gasteiger partial charge in [0.15, 0.2) is 0 Å². The van der Waals surface area contributed by atoms with Crippen molar-refractivity contribution in [1.82, 2.24) is 4.98 Å². The van der Waals surface area contributed by atoms with Crippen LogP contribution in [0.4, 0.5) is 0 Å². The van der Waals surface area contributed by atoms with E-state index < -0.39 is 0 Å². The Labute approximate surface area is 72.4 Å². The molecule has 0 aliphatic carbocycles. The molecular weight excluding hydrogens is 148 g/mol. The van der Waals surface area contributed by atoms with Gasteiger partial charge in [0.1, 0.15) is 0 Å². The first kappa shape index (κ1) is 8.53. The Bertz CT molecular complexity index is 313. The lowest BCUT2D eigenvalue weighted by Crippen LogP contribution is -2.00. The van der Waals surface area contributed by atoms with E-state index in [9.17, 15) is 0 Å². The van der Waals surface area contributed by atoms with Crippen molar-refractivity contribution in [2.24, 2.45) is 5.73 Å². The van der Waals surface area contributed by atoms with Gasteiger partial charge in [-0.3, -0.25) is 4.98 Å². The second-order valence-corrected chi connectivity index (χ2v) is 2.39. The van der Waals surface area contributed by atoms with E-state index in [1.54, 1.807) is 12.3 Å². The maximum atomic E-state index is 5.72. The summed E-state index contributed by atoms with van der Waals surface area (Å²) in [6.07, 6.45) is 5.30. The molecule has 0 amide bonds. The first-order valence-corrected chi connectivity index (χ1v) is 3.79. The molecule has 0 fully saturated rings. The largest absolute Gasteiger partial charge is 0.397 e. The van der Waals surface area contributed by atoms with E-state index in [-0.39, 0.29) is 0 Å². The van der Waals surface area contributed by atoms with E-state index in [2.05, 4.69) is 11.6 Å². The molecule has 2 heteroatoms. The van der Waals surface area contributed by atoms with Crippen LogP contribution in [0.15, 0.2) is 31.0 Å². The lowest BCUT2D eigenvalue weighted by atomic mass is 10.1. The van der Waals surface area contributed by atoms with Crippen LogP contribution in [-0.2, 0) is 0 Å². The molecule has 1 rings (SSSR count). The summed E-state index contributed by atoms with van der Waals surface area (Å²) >= 11 is 0. The molecule has 0 saturated carbocycles. The molecule has 0 radical (unpaired) electrons. The molecule has 0 saturated heterocycles. The Morgan fingerprint density at radius 3 is 3.00 bits per heavy atom. The smallest absolute Gasteiger partial charge is 0.0927 e. The van der Waals surface area contributed by atoms with E-state index in [4.69, 9.17) is 5.73 Å². The monoisotopic (exact) mass is 160 g/mol. The Morgan fingerprint density at radius 2 is 2.42 bits per heavy atom. The third-order valence-corrected chi connectivity index (χ3v) is 1.64. The van der Waals surface area contributed by atoms with Crippen LogP contribution in [0, 0.1) is 0 Å². The number of aromatic nitrogens is 1. The highest BCUT2D eigenvalue weighted by molar-refractivity contribution is 5.68. The molecule has 0 spiro atoms. The number of nitrogens with zero attached hydrogens (tertiary/aromatic N) is 1. The summed E-state index contributed by atoms with van der Waals surface area (Å²) in [7, 11) is 0. The maximum absolute atomic E-state index is 5.72. The van der Waals surface area contributed by atoms with E-state index >= 15 is 0 Å². The first-order valence-electron chi connectivity index (χ1n) is 3.79. The van der Waals surface area contributed by atoms with Crippen molar-refractivity contribution < 1.29 is 0 Å². The van der Waals surface area contributed by atoms with Crippen LogP contribution in [0.1, 0.15) is 18.2 Å². The third kappa shape index (κ3) is 1.53. The molecule has 0 aliphatic heterocycles. The fourth-order valence-corrected chi connectivity index (χ4v) is 0.960. The summed E-state index contributed by atoms with van der Waals surface area (Å²) in [5, 5.41) is 0. The predicted octanol–water partition coefficient (Wildman–Crippen LogP) is 2.04. The zero-order valence-electron chi connectivity index (χ0n) is 7.12. The molecule has 0 aliphatic rings. The lowest BCUT2D eigenvalue weighted by Gasteiger charge is -2.02. The van der Waals surface area contributed by atoms with Gasteiger partial charge >= 0.3 is 0 Å². The number of allylic oxidation sites excluding steroid dienone is 1. The fourth-order valence-electron chi connectivity index (χ4n) is 0.960. The van der Waals surface area contributed by atoms with Gasteiger partial charge in [-0.2, -0.15) is 0 Å². The van der Waals surface area contributed by atoms with Crippen molar-refractivity contribution in [2.45, 2.75) is 6.92 Å². The second-order valence-electron chi connectivity index (χ2n) is 2.39. The van der Waals surface area contributed by atoms with E-state index in [0.29, 0.717) is 5.70 Å². The van der Waals surface area contributed by atoms with E-state index in [1.165, 1.54) is 0 Å². The Balaban J connectivity index is 3.22. The van der Waals surface area contributed by atoms with Crippen LogP contribution < -0.4 is 5.73 Å². The zero-order chi connectivity index (χ0) is 8.97. The summed E-state index contributed by atoms with van der Waals surface area (Å²) in [6.45, 7) is 5.57. The Kier molecular flexibility index (Phi) is 2.64. The summed E-state index contributed by atoms with van der Waals surface area (Å²) < 4.78 is 0. The summed E-state index contributed by atoms with van der Waals surface area (Å²) in [5.74, 6) is 0. The molecule has 1 aromatic rings. The zero-order valence-corrected chi connectivity index (χ0v) is 7.12. The molecule has 62 valence electrons. The van der Waals surface area contributed by atoms with Gasteiger partial charge in [-0.15, -0.1) is 0 Å². The minimum Gasteiger partial charge on any atom is -0.397 e. The molecule has 1 aromatic heterocycles. The van der Waals surface area contributed by atoms with Gasteiger partial charge < -0.3 is 5.73 Å². The molecule has 0 aromatic carbocycles. The van der Waals surface area contributed by atoms with Crippen molar-refractivity contribution in [3.05, 3.63) is 42.2 Å². The topological polar surface area (TPSA) is 38.9 Å². The van der Waals surface area contributed by atoms with Crippen LogP contribution in [0.25, 0.3) is 11.8 Å². The van der Waals surface area contributed by atoms with Crippen molar-refractivity contribution in [3.8, 4) is 0 Å². The van der Waals surface area contributed by atoms with Crippen LogP contribution in [-0.4, -0.2) is 4.98 Å². The summed E-state index contributed by atoms with van der Waals surface area (Å²) in [6, 6.07) is 3.80. The van der Waals surface area contributed by atoms with Crippen LogP contribution in [0.5, 0.6) is 0 Å². The van der Waals surface area contributed by atoms with Gasteiger partial charge in [-0.05, 0) is 13.0 Å². The normalized spacial score (nSPS) is 11.2. The van der Waals surface area contributed by atoms with Crippen molar-refractivity contribution in [1.29, 1.82) is 0 Å². The molecular formula is C10H12N2. The molecule has 0 unspecified atom stereocenters. The average Bonchev–Trinajstić information content (AvgIpc) is 2.16.